The van der Waals surface area contributed by atoms with Gasteiger partial charge in [-0.15, -0.1) is 0 Å². The number of β-amino-alcohol motifs (C(OH)–C–C–N with tert-alkyl or cyclic N) is 1. The van der Waals surface area contributed by atoms with Gasteiger partial charge >= 0.3 is 5.97 Å². The van der Waals surface area contributed by atoms with Gasteiger partial charge in [0.15, 0.2) is 0 Å². The molecule has 2 aliphatic rings. The van der Waals surface area contributed by atoms with Crippen LogP contribution in [0.5, 0.6) is 0 Å². The molecule has 4 rings (SSSR count). The molecule has 0 aliphatic carbocycles. The average molecular weight is 790 g/mol. The average Bonchev–Trinajstić information content (AvgIpc) is 3.69. The molecule has 1 aromatic heterocycles. The predicted octanol–water partition coefficient (Wildman–Crippen LogP) is -3.88. The van der Waals surface area contributed by atoms with Gasteiger partial charge in [-0.25, -0.2) is 4.79 Å². The number of amides is 7. The summed E-state index contributed by atoms with van der Waals surface area (Å²) >= 11 is 0. The molecule has 1 fully saturated rings. The van der Waals surface area contributed by atoms with Crippen molar-refractivity contribution in [2.24, 2.45) is 17.4 Å². The number of aromatic amines is 1. The van der Waals surface area contributed by atoms with Crippen LogP contribution in [0.15, 0.2) is 23.2 Å². The maximum atomic E-state index is 14.2. The van der Waals surface area contributed by atoms with Crippen LogP contribution in [0.2, 0.25) is 0 Å². The number of aliphatic hydroxyl groups excluding tert-OH is 1. The van der Waals surface area contributed by atoms with Gasteiger partial charge in [0.25, 0.3) is 0 Å². The molecule has 2 aromatic rings. The molecule has 0 radical (unpaired) electrons. The minimum atomic E-state index is -2.18. The fraction of sp³-hybridized carbons (Fsp3) is 0.529. The smallest absolute Gasteiger partial charge is 0.326 e. The summed E-state index contributed by atoms with van der Waals surface area (Å²) in [7, 11) is -2.18. The summed E-state index contributed by atoms with van der Waals surface area (Å²) < 4.78 is 14.2. The Morgan fingerprint density at radius 2 is 1.71 bits per heavy atom. The first-order valence-electron chi connectivity index (χ1n) is 17.6. The monoisotopic (exact) mass is 789 g/mol. The maximum Gasteiger partial charge on any atom is 0.326 e. The molecule has 300 valence electrons. The van der Waals surface area contributed by atoms with E-state index in [1.165, 1.54) is 0 Å². The van der Waals surface area contributed by atoms with Crippen molar-refractivity contribution in [3.8, 4) is 0 Å². The third-order valence-electron chi connectivity index (χ3n) is 9.51. The van der Waals surface area contributed by atoms with Gasteiger partial charge in [0.1, 0.15) is 29.2 Å². The second-order valence-corrected chi connectivity index (χ2v) is 15.2. The first-order chi connectivity index (χ1) is 25.9. The lowest BCUT2D eigenvalue weighted by Gasteiger charge is -2.28. The molecular weight excluding hydrogens is 742 g/mol. The van der Waals surface area contributed by atoms with Crippen molar-refractivity contribution >= 4 is 69.0 Å². The highest BCUT2D eigenvalue weighted by atomic mass is 32.2. The lowest BCUT2D eigenvalue weighted by Crippen LogP contribution is -2.59. The zero-order valence-corrected chi connectivity index (χ0v) is 31.3. The topological polar surface area (TPSA) is 325 Å². The lowest BCUT2D eigenvalue weighted by molar-refractivity contribution is -0.149. The molecule has 0 bridgehead atoms. The number of aromatic nitrogens is 1. The Labute approximate surface area is 317 Å². The number of nitrogens with zero attached hydrogens (tertiary/aromatic N) is 1. The number of likely N-dealkylation sites (tertiary alicyclic amines) is 1. The minimum Gasteiger partial charge on any atom is -0.480 e. The van der Waals surface area contributed by atoms with Crippen molar-refractivity contribution in [2.75, 3.05) is 25.4 Å². The molecule has 0 spiro atoms. The number of hydrogen-bond acceptors (Lipinski definition) is 11. The molecule has 21 heteroatoms. The van der Waals surface area contributed by atoms with Gasteiger partial charge in [0, 0.05) is 23.9 Å². The maximum absolute atomic E-state index is 14.2. The lowest BCUT2D eigenvalue weighted by atomic mass is 9.98. The number of carboxylic acids is 1. The van der Waals surface area contributed by atoms with Crippen LogP contribution in [0.25, 0.3) is 10.9 Å². The molecular formula is C34H47N9O11S. The molecule has 20 nitrogen and oxygen atoms in total. The van der Waals surface area contributed by atoms with E-state index in [0.717, 1.165) is 10.5 Å². The number of hydrogen-bond donors (Lipinski definition) is 10. The molecule has 0 saturated carbocycles. The van der Waals surface area contributed by atoms with Crippen molar-refractivity contribution in [3.05, 3.63) is 29.3 Å². The third kappa shape index (κ3) is 10.6. The Morgan fingerprint density at radius 3 is 2.35 bits per heavy atom. The number of rotatable bonds is 8. The molecule has 55 heavy (non-hydrogen) atoms. The number of fused-ring (bicyclic) bond motifs is 3. The minimum absolute atomic E-state index is 0.0552. The number of H-pyrrole nitrogens is 1. The standard InChI is InChI=1S/C34H47N9O11S/c1-4-16(3)28-31(50)38-11-26(46)39-23(30(49)40-22(10-25(36)45)33(51)43-13-17(44)8-24(43)34(52)53)14-55(54)32-19(18-6-5-15(2)7-21(18)41-32)9-20(35)29(48)37-12-27(47)42-28/h5-7,16-17,20,22-24,28,41,44H,4,8-14,35H2,1-3H3,(H2,36,45)(H,37,48)(H,38,50)(H,39,46)(H,40,49)(H,42,47)(H,52,53)/t16-,17+,20-,22-,23-,24-,28-,55?/m0/s1. The van der Waals surface area contributed by atoms with E-state index in [9.17, 15) is 52.8 Å². The van der Waals surface area contributed by atoms with E-state index >= 15 is 0 Å². The number of aliphatic hydroxyl groups is 1. The zero-order valence-electron chi connectivity index (χ0n) is 30.5. The summed E-state index contributed by atoms with van der Waals surface area (Å²) in [5.41, 5.74) is 13.3. The van der Waals surface area contributed by atoms with Crippen LogP contribution in [0.3, 0.4) is 0 Å². The summed E-state index contributed by atoms with van der Waals surface area (Å²) in [6.45, 7) is 3.65. The summed E-state index contributed by atoms with van der Waals surface area (Å²) in [5.74, 6) is -8.82. The molecule has 2 aliphatic heterocycles. The van der Waals surface area contributed by atoms with E-state index in [0.29, 0.717) is 22.9 Å². The number of nitrogens with two attached hydrogens (primary N) is 2. The Morgan fingerprint density at radius 1 is 1.05 bits per heavy atom. The van der Waals surface area contributed by atoms with Gasteiger partial charge in [-0.1, -0.05) is 32.4 Å². The third-order valence-corrected chi connectivity index (χ3v) is 10.9. The Bertz CT molecular complexity index is 1880. The van der Waals surface area contributed by atoms with Crippen LogP contribution in [-0.2, 0) is 55.6 Å². The quantitative estimate of drug-likeness (QED) is 0.123. The molecule has 3 heterocycles. The summed E-state index contributed by atoms with van der Waals surface area (Å²) in [6, 6.07) is -2.05. The fourth-order valence-corrected chi connectivity index (χ4v) is 7.78. The molecule has 1 unspecified atom stereocenters. The van der Waals surface area contributed by atoms with Crippen molar-refractivity contribution in [3.63, 3.8) is 0 Å². The highest BCUT2D eigenvalue weighted by Crippen LogP contribution is 2.28. The van der Waals surface area contributed by atoms with Crippen molar-refractivity contribution < 1.29 is 52.8 Å². The van der Waals surface area contributed by atoms with E-state index in [1.807, 2.05) is 6.92 Å². The van der Waals surface area contributed by atoms with Crippen LogP contribution in [-0.4, -0.2) is 133 Å². The number of carbonyl (C=O) groups excluding carboxylic acids is 7. The largest absolute Gasteiger partial charge is 0.480 e. The highest BCUT2D eigenvalue weighted by Gasteiger charge is 2.42. The van der Waals surface area contributed by atoms with Gasteiger partial charge in [-0.3, -0.25) is 37.8 Å². The number of carboxylic acid groups (broad SMARTS) is 1. The predicted molar refractivity (Wildman–Crippen MR) is 195 cm³/mol. The molecule has 1 aromatic carbocycles. The molecule has 1 saturated heterocycles. The van der Waals surface area contributed by atoms with Crippen LogP contribution < -0.4 is 38.1 Å². The van der Waals surface area contributed by atoms with Crippen LogP contribution in [0, 0.1) is 12.8 Å². The van der Waals surface area contributed by atoms with E-state index in [2.05, 4.69) is 31.6 Å². The Balaban J connectivity index is 1.73. The van der Waals surface area contributed by atoms with E-state index < -0.39 is 132 Å². The molecule has 7 amide bonds. The van der Waals surface area contributed by atoms with Gasteiger partial charge < -0.3 is 58.1 Å². The molecule has 8 atom stereocenters. The van der Waals surface area contributed by atoms with Crippen LogP contribution >= 0.6 is 0 Å². The number of primary amides is 1. The van der Waals surface area contributed by atoms with Gasteiger partial charge in [0.2, 0.25) is 41.4 Å². The fourth-order valence-electron chi connectivity index (χ4n) is 6.38. The van der Waals surface area contributed by atoms with Gasteiger partial charge in [-0.2, -0.15) is 0 Å². The van der Waals surface area contributed by atoms with Crippen molar-refractivity contribution in [1.29, 1.82) is 0 Å². The van der Waals surface area contributed by atoms with E-state index in [-0.39, 0.29) is 17.9 Å². The van der Waals surface area contributed by atoms with Crippen molar-refractivity contribution in [1.82, 2.24) is 36.5 Å². The van der Waals surface area contributed by atoms with Crippen LogP contribution in [0.4, 0.5) is 0 Å². The summed E-state index contributed by atoms with van der Waals surface area (Å²) in [6.07, 6.45) is -2.04. The number of nitrogens with one attached hydrogen (secondary N) is 6. The second kappa shape index (κ2) is 18.3. The Kier molecular flexibility index (Phi) is 14.1. The van der Waals surface area contributed by atoms with E-state index in [1.54, 1.807) is 32.0 Å². The first-order valence-corrected chi connectivity index (χ1v) is 18.9. The Hall–Kier alpha value is -5.41. The number of aliphatic carboxylic acids is 1. The SMILES string of the molecule is CC[C@H](C)[C@@H]1NC(=O)CNC(=O)[C@@H](N)Cc2c([nH]c3cc(C)ccc23)S(=O)C[C@@H](C(=O)N[C@@H](CC(N)=O)C(=O)N2C[C@H](O)C[C@H]2C(=O)O)NC(=O)CNC1=O. The van der Waals surface area contributed by atoms with Gasteiger partial charge in [-0.05, 0) is 36.5 Å². The highest BCUT2D eigenvalue weighted by molar-refractivity contribution is 7.85. The van der Waals surface area contributed by atoms with Gasteiger partial charge in [0.05, 0.1) is 48.2 Å². The number of carbonyl (C=O) groups is 8. The summed E-state index contributed by atoms with van der Waals surface area (Å²) in [4.78, 5) is 108. The number of benzene rings is 1. The van der Waals surface area contributed by atoms with Crippen molar-refractivity contribution in [2.45, 2.75) is 87.8 Å². The summed E-state index contributed by atoms with van der Waals surface area (Å²) in [5, 5.41) is 32.5. The second-order valence-electron chi connectivity index (χ2n) is 13.8. The normalized spacial score (nSPS) is 25.6. The first kappa shape index (κ1) is 42.3. The van der Waals surface area contributed by atoms with Crippen LogP contribution in [0.1, 0.15) is 44.2 Å². The molecule has 12 N–H and O–H groups in total. The zero-order chi connectivity index (χ0) is 40.7. The number of aryl methyl sites for hydroxylation is 1. The van der Waals surface area contributed by atoms with E-state index in [4.69, 9.17) is 11.5 Å².